The van der Waals surface area contributed by atoms with Gasteiger partial charge >= 0.3 is 51.4 Å². The summed E-state index contributed by atoms with van der Waals surface area (Å²) in [5.41, 5.74) is -1.08. The number of aliphatic carboxylic acids is 1. The molecule has 0 spiro atoms. The maximum Gasteiger partial charge on any atom is 1.00 e. The van der Waals surface area contributed by atoms with Gasteiger partial charge in [0.1, 0.15) is 0 Å². The van der Waals surface area contributed by atoms with Crippen molar-refractivity contribution >= 4 is 27.8 Å². The molecule has 19 heavy (non-hydrogen) atoms. The molecular formula is C12H13BrKNO4. The molecule has 0 aliphatic carbocycles. The largest absolute Gasteiger partial charge is 1.00 e. The summed E-state index contributed by atoms with van der Waals surface area (Å²) in [6.45, 7) is 2.30. The van der Waals surface area contributed by atoms with E-state index in [1.165, 1.54) is 13.8 Å². The van der Waals surface area contributed by atoms with E-state index in [9.17, 15) is 19.9 Å². The second-order valence-corrected chi connectivity index (χ2v) is 5.32. The Hall–Kier alpha value is 0.236. The molecule has 0 aromatic heterocycles. The van der Waals surface area contributed by atoms with Crippen LogP contribution < -0.4 is 56.5 Å². The maximum absolute atomic E-state index is 11.7. The zero-order valence-electron chi connectivity index (χ0n) is 11.0. The van der Waals surface area contributed by atoms with E-state index in [1.807, 2.05) is 0 Å². The number of rotatable bonds is 4. The van der Waals surface area contributed by atoms with E-state index in [0.29, 0.717) is 10.6 Å². The zero-order valence-corrected chi connectivity index (χ0v) is 15.7. The third-order valence-corrected chi connectivity index (χ3v) is 3.05. The van der Waals surface area contributed by atoms with Crippen molar-refractivity contribution in [2.75, 3.05) is 0 Å². The fourth-order valence-corrected chi connectivity index (χ4v) is 1.51. The van der Waals surface area contributed by atoms with Crippen LogP contribution in [0.2, 0.25) is 0 Å². The number of benzene rings is 1. The van der Waals surface area contributed by atoms with Gasteiger partial charge in [-0.1, -0.05) is 28.1 Å². The van der Waals surface area contributed by atoms with E-state index in [2.05, 4.69) is 15.9 Å². The van der Waals surface area contributed by atoms with Crippen molar-refractivity contribution < 1.29 is 71.3 Å². The van der Waals surface area contributed by atoms with Gasteiger partial charge in [0.15, 0.2) is 0 Å². The fourth-order valence-electron chi connectivity index (χ4n) is 1.24. The predicted molar refractivity (Wildman–Crippen MR) is 65.3 cm³/mol. The van der Waals surface area contributed by atoms with E-state index in [-0.39, 0.29) is 57.9 Å². The van der Waals surface area contributed by atoms with Crippen LogP contribution in [0.5, 0.6) is 0 Å². The number of nitrogens with zero attached hydrogens (tertiary/aromatic N) is 1. The number of carboxylic acids is 1. The summed E-state index contributed by atoms with van der Waals surface area (Å²) in [7, 11) is 0. The topological polar surface area (TPSA) is 80.7 Å². The molecule has 0 bridgehead atoms. The summed E-state index contributed by atoms with van der Waals surface area (Å²) < 4.78 is 0.872. The van der Waals surface area contributed by atoms with Gasteiger partial charge in [-0.2, -0.15) is 0 Å². The molecule has 98 valence electrons. The first kappa shape index (κ1) is 19.2. The Morgan fingerprint density at radius 1 is 1.32 bits per heavy atom. The van der Waals surface area contributed by atoms with Crippen molar-refractivity contribution in [2.45, 2.75) is 20.4 Å². The number of hydrogen-bond donors (Lipinski definition) is 1. The normalized spacial score (nSPS) is 10.5. The molecule has 1 rings (SSSR count). The van der Waals surface area contributed by atoms with Gasteiger partial charge in [-0.3, -0.25) is 10.0 Å². The van der Waals surface area contributed by atoms with E-state index in [1.54, 1.807) is 24.3 Å². The molecule has 1 aromatic rings. The van der Waals surface area contributed by atoms with Gasteiger partial charge < -0.3 is 9.90 Å². The SMILES string of the molecule is CC(C)(C(=O)[O-])C(=O)N(O)Cc1ccc(Br)cc1.[K+]. The summed E-state index contributed by atoms with van der Waals surface area (Å²) in [5.74, 6) is -2.44. The van der Waals surface area contributed by atoms with Crippen LogP contribution >= 0.6 is 15.9 Å². The van der Waals surface area contributed by atoms with Crippen molar-refractivity contribution in [1.29, 1.82) is 0 Å². The van der Waals surface area contributed by atoms with Crippen LogP contribution in [0.4, 0.5) is 0 Å². The van der Waals surface area contributed by atoms with Gasteiger partial charge in [0.05, 0.1) is 17.9 Å². The molecule has 1 amide bonds. The molecule has 1 N–H and O–H groups in total. The maximum atomic E-state index is 11.7. The quantitative estimate of drug-likeness (QED) is 0.292. The van der Waals surface area contributed by atoms with Crippen LogP contribution in [-0.4, -0.2) is 22.1 Å². The zero-order chi connectivity index (χ0) is 13.9. The second-order valence-electron chi connectivity index (χ2n) is 4.40. The van der Waals surface area contributed by atoms with Gasteiger partial charge in [0, 0.05) is 4.47 Å². The van der Waals surface area contributed by atoms with Crippen LogP contribution in [0.25, 0.3) is 0 Å². The minimum absolute atomic E-state index is 0. The van der Waals surface area contributed by atoms with E-state index in [4.69, 9.17) is 0 Å². The minimum Gasteiger partial charge on any atom is -0.549 e. The Bertz CT molecular complexity index is 461. The van der Waals surface area contributed by atoms with Crippen molar-refractivity contribution in [3.05, 3.63) is 34.3 Å². The molecule has 0 saturated heterocycles. The molecule has 0 radical (unpaired) electrons. The number of carbonyl (C=O) groups excluding carboxylic acids is 2. The molecule has 0 unspecified atom stereocenters. The van der Waals surface area contributed by atoms with Gasteiger partial charge in [-0.05, 0) is 31.5 Å². The first-order valence-corrected chi connectivity index (χ1v) is 6.01. The molecular weight excluding hydrogens is 341 g/mol. The van der Waals surface area contributed by atoms with Crippen molar-refractivity contribution in [1.82, 2.24) is 5.06 Å². The number of halogens is 1. The van der Waals surface area contributed by atoms with Crippen molar-refractivity contribution in [3.63, 3.8) is 0 Å². The monoisotopic (exact) mass is 353 g/mol. The average molecular weight is 354 g/mol. The summed E-state index contributed by atoms with van der Waals surface area (Å²) >= 11 is 3.26. The van der Waals surface area contributed by atoms with Crippen LogP contribution in [0, 0.1) is 5.41 Å². The van der Waals surface area contributed by atoms with E-state index >= 15 is 0 Å². The molecule has 0 saturated carbocycles. The molecule has 7 heteroatoms. The van der Waals surface area contributed by atoms with Gasteiger partial charge in [0.2, 0.25) is 0 Å². The van der Waals surface area contributed by atoms with Crippen LogP contribution in [0.3, 0.4) is 0 Å². The van der Waals surface area contributed by atoms with Gasteiger partial charge in [-0.25, -0.2) is 5.06 Å². The summed E-state index contributed by atoms with van der Waals surface area (Å²) in [5, 5.41) is 20.8. The number of amides is 1. The predicted octanol–water partition coefficient (Wildman–Crippen LogP) is -2.05. The number of hydroxylamine groups is 2. The smallest absolute Gasteiger partial charge is 0.549 e. The molecule has 0 aliphatic heterocycles. The second kappa shape index (κ2) is 7.87. The first-order valence-electron chi connectivity index (χ1n) is 5.22. The van der Waals surface area contributed by atoms with Crippen LogP contribution in [0.15, 0.2) is 28.7 Å². The molecule has 0 aliphatic rings. The molecule has 0 atom stereocenters. The number of carbonyl (C=O) groups is 2. The van der Waals surface area contributed by atoms with Gasteiger partial charge in [0.25, 0.3) is 5.91 Å². The number of hydrogen-bond acceptors (Lipinski definition) is 4. The minimum atomic E-state index is -1.76. The van der Waals surface area contributed by atoms with Crippen molar-refractivity contribution in [3.8, 4) is 0 Å². The number of carboxylic acid groups (broad SMARTS) is 1. The third kappa shape index (κ3) is 5.26. The van der Waals surface area contributed by atoms with Crippen LogP contribution in [-0.2, 0) is 16.1 Å². The molecule has 1 aromatic carbocycles. The fraction of sp³-hybridized carbons (Fsp3) is 0.333. The molecule has 0 fully saturated rings. The van der Waals surface area contributed by atoms with E-state index < -0.39 is 17.3 Å². The Labute approximate surface area is 162 Å². The Morgan fingerprint density at radius 2 is 1.79 bits per heavy atom. The van der Waals surface area contributed by atoms with E-state index in [0.717, 1.165) is 4.47 Å². The Morgan fingerprint density at radius 3 is 2.21 bits per heavy atom. The summed E-state index contributed by atoms with van der Waals surface area (Å²) in [6.07, 6.45) is 0. The van der Waals surface area contributed by atoms with Crippen LogP contribution in [0.1, 0.15) is 19.4 Å². The Kier molecular flexibility index (Phi) is 7.97. The summed E-state index contributed by atoms with van der Waals surface area (Å²) in [4.78, 5) is 22.5. The Balaban J connectivity index is 0.00000324. The van der Waals surface area contributed by atoms with Crippen molar-refractivity contribution in [2.24, 2.45) is 5.41 Å². The van der Waals surface area contributed by atoms with Gasteiger partial charge in [-0.15, -0.1) is 0 Å². The molecule has 0 heterocycles. The first-order chi connectivity index (χ1) is 8.25. The summed E-state index contributed by atoms with van der Waals surface area (Å²) in [6, 6.07) is 6.95. The average Bonchev–Trinajstić information content (AvgIpc) is 2.30. The third-order valence-electron chi connectivity index (χ3n) is 2.53. The molecule has 5 nitrogen and oxygen atoms in total. The standard InChI is InChI=1S/C12H14BrNO4.K/c1-12(2,11(16)17)10(15)14(18)7-8-3-5-9(13)6-4-8;/h3-6,18H,7H2,1-2H3,(H,16,17);/q;+1/p-1.